The average Bonchev–Trinajstić information content (AvgIpc) is 3.29. The van der Waals surface area contributed by atoms with Crippen LogP contribution in [0.2, 0.25) is 0 Å². The van der Waals surface area contributed by atoms with Gasteiger partial charge < -0.3 is 24.2 Å². The summed E-state index contributed by atoms with van der Waals surface area (Å²) >= 11 is 0. The first kappa shape index (κ1) is 19.3. The Labute approximate surface area is 169 Å². The maximum atomic E-state index is 12.5. The molecule has 1 fully saturated rings. The summed E-state index contributed by atoms with van der Waals surface area (Å²) in [5.41, 5.74) is 1.10. The van der Waals surface area contributed by atoms with Crippen LogP contribution >= 0.6 is 0 Å². The van der Waals surface area contributed by atoms with E-state index in [0.29, 0.717) is 36.9 Å². The lowest BCUT2D eigenvalue weighted by Gasteiger charge is -2.21. The van der Waals surface area contributed by atoms with Gasteiger partial charge in [0.15, 0.2) is 23.0 Å². The minimum atomic E-state index is -0.328. The molecular formula is C21H25N3O5. The van der Waals surface area contributed by atoms with Gasteiger partial charge in [-0.15, -0.1) is 0 Å². The monoisotopic (exact) mass is 399 g/mol. The third kappa shape index (κ3) is 4.70. The molecule has 2 heterocycles. The fourth-order valence-corrected chi connectivity index (χ4v) is 3.21. The molecular weight excluding hydrogens is 374 g/mol. The Hall–Kier alpha value is -3.03. The van der Waals surface area contributed by atoms with Crippen LogP contribution in [0, 0.1) is 5.92 Å². The SMILES string of the molecule is CCCCN(Cc1cc(C(=O)NCc2ccc3c(c2)OCO3)no1)C(=O)C1CC1. The number of ether oxygens (including phenoxy) is 2. The summed E-state index contributed by atoms with van der Waals surface area (Å²) in [4.78, 5) is 26.7. The van der Waals surface area contributed by atoms with Crippen molar-refractivity contribution in [3.05, 3.63) is 41.3 Å². The summed E-state index contributed by atoms with van der Waals surface area (Å²) in [5, 5.41) is 6.69. The van der Waals surface area contributed by atoms with Crippen molar-refractivity contribution < 1.29 is 23.6 Å². The van der Waals surface area contributed by atoms with Crippen molar-refractivity contribution in [2.45, 2.75) is 45.7 Å². The molecule has 2 amide bonds. The quantitative estimate of drug-likeness (QED) is 0.697. The topological polar surface area (TPSA) is 93.9 Å². The van der Waals surface area contributed by atoms with E-state index in [4.69, 9.17) is 14.0 Å². The van der Waals surface area contributed by atoms with Gasteiger partial charge in [-0.2, -0.15) is 0 Å². The molecule has 1 aromatic carbocycles. The number of carbonyl (C=O) groups excluding carboxylic acids is 2. The van der Waals surface area contributed by atoms with Crippen molar-refractivity contribution in [3.8, 4) is 11.5 Å². The molecule has 1 saturated carbocycles. The number of fused-ring (bicyclic) bond motifs is 1. The summed E-state index contributed by atoms with van der Waals surface area (Å²) in [6, 6.07) is 7.14. The molecule has 1 aromatic heterocycles. The molecule has 1 N–H and O–H groups in total. The van der Waals surface area contributed by atoms with Gasteiger partial charge in [0.05, 0.1) is 6.54 Å². The molecule has 1 aliphatic heterocycles. The third-order valence-corrected chi connectivity index (χ3v) is 5.05. The Morgan fingerprint density at radius 2 is 2.03 bits per heavy atom. The highest BCUT2D eigenvalue weighted by molar-refractivity contribution is 5.92. The van der Waals surface area contributed by atoms with E-state index in [0.717, 1.165) is 31.2 Å². The number of amides is 2. The largest absolute Gasteiger partial charge is 0.454 e. The number of hydrogen-bond donors (Lipinski definition) is 1. The molecule has 0 spiro atoms. The van der Waals surface area contributed by atoms with Gasteiger partial charge >= 0.3 is 0 Å². The minimum Gasteiger partial charge on any atom is -0.454 e. The molecule has 2 aromatic rings. The Morgan fingerprint density at radius 3 is 2.83 bits per heavy atom. The first-order chi connectivity index (χ1) is 14.1. The highest BCUT2D eigenvalue weighted by atomic mass is 16.7. The molecule has 154 valence electrons. The van der Waals surface area contributed by atoms with Gasteiger partial charge in [-0.25, -0.2) is 0 Å². The second-order valence-corrected chi connectivity index (χ2v) is 7.44. The van der Waals surface area contributed by atoms with Crippen LogP contribution in [0.25, 0.3) is 0 Å². The molecule has 8 nitrogen and oxygen atoms in total. The van der Waals surface area contributed by atoms with Crippen LogP contribution in [-0.4, -0.2) is 35.2 Å². The van der Waals surface area contributed by atoms with Gasteiger partial charge in [0, 0.05) is 25.1 Å². The van der Waals surface area contributed by atoms with Crippen LogP contribution in [0.15, 0.2) is 28.8 Å². The summed E-state index contributed by atoms with van der Waals surface area (Å²) in [5.74, 6) is 1.89. The maximum Gasteiger partial charge on any atom is 0.273 e. The first-order valence-electron chi connectivity index (χ1n) is 10.0. The lowest BCUT2D eigenvalue weighted by Crippen LogP contribution is -2.32. The molecule has 1 aliphatic carbocycles. The second kappa shape index (κ2) is 8.55. The Kier molecular flexibility index (Phi) is 5.69. The molecule has 0 atom stereocenters. The number of hydrogen-bond acceptors (Lipinski definition) is 6. The fraction of sp³-hybridized carbons (Fsp3) is 0.476. The van der Waals surface area contributed by atoms with Gasteiger partial charge in [0.1, 0.15) is 0 Å². The van der Waals surface area contributed by atoms with Crippen molar-refractivity contribution in [2.75, 3.05) is 13.3 Å². The van der Waals surface area contributed by atoms with Crippen LogP contribution in [0.3, 0.4) is 0 Å². The molecule has 0 bridgehead atoms. The number of benzene rings is 1. The smallest absolute Gasteiger partial charge is 0.273 e. The standard InChI is InChI=1S/C21H25N3O5/c1-2-3-8-24(21(26)15-5-6-15)12-16-10-17(23-29-16)20(25)22-11-14-4-7-18-19(9-14)28-13-27-18/h4,7,9-10,15H,2-3,5-6,8,11-13H2,1H3,(H,22,25). The third-order valence-electron chi connectivity index (χ3n) is 5.05. The van der Waals surface area contributed by atoms with Crippen molar-refractivity contribution >= 4 is 11.8 Å². The molecule has 0 saturated heterocycles. The molecule has 8 heteroatoms. The van der Waals surface area contributed by atoms with Crippen LogP contribution in [0.1, 0.15) is 54.4 Å². The number of carbonyl (C=O) groups is 2. The minimum absolute atomic E-state index is 0.152. The highest BCUT2D eigenvalue weighted by Gasteiger charge is 2.33. The summed E-state index contributed by atoms with van der Waals surface area (Å²) in [6.07, 6.45) is 3.88. The fourth-order valence-electron chi connectivity index (χ4n) is 3.21. The number of rotatable bonds is 9. The first-order valence-corrected chi connectivity index (χ1v) is 10.0. The van der Waals surface area contributed by atoms with Crippen molar-refractivity contribution in [3.63, 3.8) is 0 Å². The number of unbranched alkanes of at least 4 members (excludes halogenated alkanes) is 1. The van der Waals surface area contributed by atoms with E-state index >= 15 is 0 Å². The molecule has 0 unspecified atom stereocenters. The number of nitrogens with one attached hydrogen (secondary N) is 1. The van der Waals surface area contributed by atoms with Crippen LogP contribution < -0.4 is 14.8 Å². The number of aromatic nitrogens is 1. The zero-order valence-electron chi connectivity index (χ0n) is 16.5. The van der Waals surface area contributed by atoms with E-state index in [1.807, 2.05) is 23.1 Å². The van der Waals surface area contributed by atoms with Crippen LogP contribution in [0.4, 0.5) is 0 Å². The lowest BCUT2D eigenvalue weighted by atomic mass is 10.2. The summed E-state index contributed by atoms with van der Waals surface area (Å²) in [6.45, 7) is 3.68. The summed E-state index contributed by atoms with van der Waals surface area (Å²) < 4.78 is 15.9. The Balaban J connectivity index is 1.33. The molecule has 29 heavy (non-hydrogen) atoms. The molecule has 0 radical (unpaired) electrons. The molecule has 4 rings (SSSR count). The van der Waals surface area contributed by atoms with E-state index in [1.165, 1.54) is 0 Å². The zero-order valence-corrected chi connectivity index (χ0v) is 16.5. The predicted octanol–water partition coefficient (Wildman–Crippen LogP) is 2.87. The van der Waals surface area contributed by atoms with Gasteiger partial charge in [-0.05, 0) is 37.0 Å². The predicted molar refractivity (Wildman–Crippen MR) is 103 cm³/mol. The van der Waals surface area contributed by atoms with E-state index in [9.17, 15) is 9.59 Å². The van der Waals surface area contributed by atoms with Gasteiger partial charge in [0.25, 0.3) is 5.91 Å². The maximum absolute atomic E-state index is 12.5. The average molecular weight is 399 g/mol. The van der Waals surface area contributed by atoms with Crippen LogP contribution in [0.5, 0.6) is 11.5 Å². The number of nitrogens with zero attached hydrogens (tertiary/aromatic N) is 2. The Bertz CT molecular complexity index is 890. The van der Waals surface area contributed by atoms with E-state index in [2.05, 4.69) is 17.4 Å². The normalized spacial score (nSPS) is 14.7. The van der Waals surface area contributed by atoms with E-state index in [1.54, 1.807) is 6.07 Å². The zero-order chi connectivity index (χ0) is 20.2. The van der Waals surface area contributed by atoms with Crippen molar-refractivity contribution in [1.82, 2.24) is 15.4 Å². The van der Waals surface area contributed by atoms with Gasteiger partial charge in [0.2, 0.25) is 12.7 Å². The van der Waals surface area contributed by atoms with Gasteiger partial charge in [-0.1, -0.05) is 24.6 Å². The second-order valence-electron chi connectivity index (χ2n) is 7.44. The Morgan fingerprint density at radius 1 is 1.21 bits per heavy atom. The van der Waals surface area contributed by atoms with E-state index < -0.39 is 0 Å². The lowest BCUT2D eigenvalue weighted by molar-refractivity contribution is -0.133. The summed E-state index contributed by atoms with van der Waals surface area (Å²) in [7, 11) is 0. The van der Waals surface area contributed by atoms with Gasteiger partial charge in [-0.3, -0.25) is 9.59 Å². The van der Waals surface area contributed by atoms with Crippen LogP contribution in [-0.2, 0) is 17.9 Å². The van der Waals surface area contributed by atoms with Crippen molar-refractivity contribution in [1.29, 1.82) is 0 Å². The molecule has 2 aliphatic rings. The highest BCUT2D eigenvalue weighted by Crippen LogP contribution is 2.33. The van der Waals surface area contributed by atoms with Crippen molar-refractivity contribution in [2.24, 2.45) is 5.92 Å². The van der Waals surface area contributed by atoms with E-state index in [-0.39, 0.29) is 30.2 Å².